The van der Waals surface area contributed by atoms with Crippen LogP contribution in [0.4, 0.5) is 33.0 Å². The molecule has 1 aliphatic heterocycles. The lowest BCUT2D eigenvalue weighted by atomic mass is 10.00. The molecule has 0 atom stereocenters. The van der Waals surface area contributed by atoms with Gasteiger partial charge in [-0.25, -0.2) is 14.4 Å². The predicted molar refractivity (Wildman–Crippen MR) is 188 cm³/mol. The van der Waals surface area contributed by atoms with Crippen molar-refractivity contribution in [2.45, 2.75) is 18.0 Å². The number of carbonyl (C=O) groups excluding carboxylic acids is 1. The molecular formula is C36H35FN8OS. The van der Waals surface area contributed by atoms with Gasteiger partial charge < -0.3 is 20.1 Å². The lowest BCUT2D eigenvalue weighted by Crippen LogP contribution is -2.13. The highest BCUT2D eigenvalue weighted by atomic mass is 32.2. The molecule has 0 spiro atoms. The zero-order valence-corrected chi connectivity index (χ0v) is 27.5. The van der Waals surface area contributed by atoms with E-state index < -0.39 is 0 Å². The highest BCUT2D eigenvalue weighted by Gasteiger charge is 2.19. The summed E-state index contributed by atoms with van der Waals surface area (Å²) in [6.45, 7) is 0.692. The molecule has 0 aliphatic carbocycles. The van der Waals surface area contributed by atoms with Crippen molar-refractivity contribution in [3.8, 4) is 22.5 Å². The lowest BCUT2D eigenvalue weighted by Gasteiger charge is -2.15. The fraction of sp³-hybridized carbons (Fsp3) is 0.194. The summed E-state index contributed by atoms with van der Waals surface area (Å²) in [6.07, 6.45) is 8.62. The van der Waals surface area contributed by atoms with Gasteiger partial charge in [-0.15, -0.1) is 0 Å². The number of aryl methyl sites for hydroxylation is 2. The predicted octanol–water partition coefficient (Wildman–Crippen LogP) is 8.32. The summed E-state index contributed by atoms with van der Waals surface area (Å²) in [7, 11) is 5.89. The van der Waals surface area contributed by atoms with Crippen LogP contribution in [0.25, 0.3) is 22.5 Å². The van der Waals surface area contributed by atoms with Gasteiger partial charge in [-0.2, -0.15) is 10.2 Å². The van der Waals surface area contributed by atoms with Crippen molar-refractivity contribution < 1.29 is 9.18 Å². The maximum atomic E-state index is 13.7. The third-order valence-corrected chi connectivity index (χ3v) is 8.49. The molecule has 5 aromatic rings. The maximum absolute atomic E-state index is 13.7. The van der Waals surface area contributed by atoms with Crippen LogP contribution in [0.15, 0.2) is 107 Å². The monoisotopic (exact) mass is 646 g/mol. The summed E-state index contributed by atoms with van der Waals surface area (Å²) < 4.78 is 15.7. The number of fused-ring (bicyclic) bond motifs is 2. The normalized spacial score (nSPS) is 12.5. The van der Waals surface area contributed by atoms with Crippen LogP contribution in [-0.2, 0) is 24.7 Å². The second-order valence-corrected chi connectivity index (χ2v) is 12.2. The number of hydrogen-bond acceptors (Lipinski definition) is 8. The Morgan fingerprint density at radius 1 is 0.936 bits per heavy atom. The van der Waals surface area contributed by atoms with Crippen LogP contribution in [0.2, 0.25) is 0 Å². The molecule has 238 valence electrons. The number of imidazole rings is 1. The number of thioether (sulfide) groups is 1. The minimum absolute atomic E-state index is 0.169. The molecule has 0 saturated carbocycles. The largest absolute Gasteiger partial charge is 0.340 e. The van der Waals surface area contributed by atoms with Crippen molar-refractivity contribution in [1.29, 1.82) is 0 Å². The van der Waals surface area contributed by atoms with Crippen molar-refractivity contribution >= 4 is 46.2 Å². The molecule has 11 heteroatoms. The zero-order chi connectivity index (χ0) is 32.9. The number of nitrogens with zero attached hydrogens (tertiary/aromatic N) is 6. The van der Waals surface area contributed by atoms with Crippen LogP contribution in [0, 0.1) is 5.82 Å². The smallest absolute Gasteiger partial charge is 0.248 e. The number of amides is 1. The summed E-state index contributed by atoms with van der Waals surface area (Å²) in [5.41, 5.74) is 8.75. The minimum Gasteiger partial charge on any atom is -0.340 e. The maximum Gasteiger partial charge on any atom is 0.248 e. The minimum atomic E-state index is -0.286. The van der Waals surface area contributed by atoms with Gasteiger partial charge in [-0.1, -0.05) is 17.8 Å². The molecule has 0 bridgehead atoms. The number of azo groups is 1. The van der Waals surface area contributed by atoms with E-state index in [0.717, 1.165) is 74.4 Å². The Morgan fingerprint density at radius 2 is 1.62 bits per heavy atom. The Kier molecular flexibility index (Phi) is 9.55. The standard InChI is InChI=1S/C36H35FN8OS/c1-44(2)19-5-6-33(46)40-29-14-16-31-25(21-29)8-7-24-20-28(13-15-30(24)42-43-31)39-32-22-26(17-18-38-32)35-34(41-36(47-4)45(35)3)23-9-11-27(37)12-10-23/h5-6,9-18,20-22H,7-8,19H2,1-4H3,(H,38,39)(H,40,46). The Balaban J connectivity index is 1.21. The highest BCUT2D eigenvalue weighted by molar-refractivity contribution is 7.98. The van der Waals surface area contributed by atoms with E-state index in [1.807, 2.05) is 80.8 Å². The topological polar surface area (TPSA) is 99.8 Å². The van der Waals surface area contributed by atoms with E-state index in [2.05, 4.69) is 36.5 Å². The lowest BCUT2D eigenvalue weighted by molar-refractivity contribution is -0.111. The van der Waals surface area contributed by atoms with Gasteiger partial charge in [0.15, 0.2) is 5.16 Å². The number of nitrogens with one attached hydrogen (secondary N) is 2. The second kappa shape index (κ2) is 14.1. The number of pyridine rings is 1. The summed E-state index contributed by atoms with van der Waals surface area (Å²) in [5, 5.41) is 16.3. The van der Waals surface area contributed by atoms with Crippen molar-refractivity contribution in [3.63, 3.8) is 0 Å². The molecule has 0 radical (unpaired) electrons. The highest BCUT2D eigenvalue weighted by Crippen LogP contribution is 2.37. The third-order valence-electron chi connectivity index (χ3n) is 7.76. The van der Waals surface area contributed by atoms with Gasteiger partial charge in [-0.3, -0.25) is 4.79 Å². The molecule has 2 N–H and O–H groups in total. The number of aromatic nitrogens is 3. The van der Waals surface area contributed by atoms with Crippen molar-refractivity contribution in [3.05, 3.63) is 108 Å². The Morgan fingerprint density at radius 3 is 2.30 bits per heavy atom. The van der Waals surface area contributed by atoms with Gasteiger partial charge in [0.25, 0.3) is 0 Å². The van der Waals surface area contributed by atoms with Crippen LogP contribution in [0.1, 0.15) is 11.1 Å². The Hall–Kier alpha value is -5.13. The third kappa shape index (κ3) is 7.48. The molecule has 0 unspecified atom stereocenters. The first-order valence-corrected chi connectivity index (χ1v) is 16.4. The molecular weight excluding hydrogens is 612 g/mol. The fourth-order valence-corrected chi connectivity index (χ4v) is 6.00. The van der Waals surface area contributed by atoms with Crippen molar-refractivity contribution in [1.82, 2.24) is 19.4 Å². The zero-order valence-electron chi connectivity index (χ0n) is 26.7. The van der Waals surface area contributed by atoms with Crippen LogP contribution < -0.4 is 10.6 Å². The molecule has 1 amide bonds. The molecule has 47 heavy (non-hydrogen) atoms. The van der Waals surface area contributed by atoms with E-state index in [1.54, 1.807) is 36.2 Å². The molecule has 3 aromatic carbocycles. The molecule has 1 aliphatic rings. The van der Waals surface area contributed by atoms with Gasteiger partial charge in [0.1, 0.15) is 11.6 Å². The molecule has 0 saturated heterocycles. The van der Waals surface area contributed by atoms with Gasteiger partial charge in [-0.05, 0) is 117 Å². The van der Waals surface area contributed by atoms with Crippen molar-refractivity contribution in [2.24, 2.45) is 17.3 Å². The SMILES string of the molecule is CSc1nc(-c2ccc(F)cc2)c(-c2ccnc(Nc3ccc4c(c3)CCc3cc(NC(=O)C=CCN(C)C)ccc3N=N4)c2)n1C. The summed E-state index contributed by atoms with van der Waals surface area (Å²) in [6, 6.07) is 22.1. The molecule has 9 nitrogen and oxygen atoms in total. The average Bonchev–Trinajstić information content (AvgIpc) is 3.39. The van der Waals surface area contributed by atoms with Gasteiger partial charge in [0.05, 0.1) is 22.8 Å². The first-order chi connectivity index (χ1) is 22.8. The number of benzene rings is 3. The van der Waals surface area contributed by atoms with Crippen LogP contribution in [0.3, 0.4) is 0 Å². The van der Waals surface area contributed by atoms with Crippen LogP contribution in [0.5, 0.6) is 0 Å². The first kappa shape index (κ1) is 31.8. The molecule has 3 heterocycles. The summed E-state index contributed by atoms with van der Waals surface area (Å²) in [4.78, 5) is 23.8. The van der Waals surface area contributed by atoms with E-state index >= 15 is 0 Å². The van der Waals surface area contributed by atoms with E-state index in [4.69, 9.17) is 4.98 Å². The quantitative estimate of drug-likeness (QED) is 0.123. The van der Waals surface area contributed by atoms with Gasteiger partial charge in [0, 0.05) is 48.4 Å². The van der Waals surface area contributed by atoms with Crippen LogP contribution >= 0.6 is 11.8 Å². The molecule has 0 fully saturated rings. The number of anilines is 3. The number of halogens is 1. The van der Waals surface area contributed by atoms with Gasteiger partial charge >= 0.3 is 0 Å². The summed E-state index contributed by atoms with van der Waals surface area (Å²) >= 11 is 1.56. The Labute approximate surface area is 277 Å². The van der Waals surface area contributed by atoms with E-state index in [-0.39, 0.29) is 11.7 Å². The molecule has 2 aromatic heterocycles. The van der Waals surface area contributed by atoms with Crippen LogP contribution in [-0.4, -0.2) is 52.2 Å². The fourth-order valence-electron chi connectivity index (χ4n) is 5.45. The van der Waals surface area contributed by atoms with E-state index in [1.165, 1.54) is 12.1 Å². The number of likely N-dealkylation sites (N-methyl/N-ethyl adjacent to an activating group) is 1. The Bertz CT molecular complexity index is 1980. The second-order valence-electron chi connectivity index (χ2n) is 11.5. The number of hydrogen-bond donors (Lipinski definition) is 2. The van der Waals surface area contributed by atoms with Crippen molar-refractivity contribution in [2.75, 3.05) is 37.5 Å². The van der Waals surface area contributed by atoms with E-state index in [9.17, 15) is 9.18 Å². The average molecular weight is 647 g/mol. The van der Waals surface area contributed by atoms with Gasteiger partial charge in [0.2, 0.25) is 5.91 Å². The first-order valence-electron chi connectivity index (χ1n) is 15.2. The number of rotatable bonds is 9. The molecule has 6 rings (SSSR count). The number of carbonyl (C=O) groups is 1. The van der Waals surface area contributed by atoms with E-state index in [0.29, 0.717) is 12.4 Å². The summed E-state index contributed by atoms with van der Waals surface area (Å²) in [5.74, 6) is 0.223.